The van der Waals surface area contributed by atoms with Gasteiger partial charge in [0.25, 0.3) is 5.91 Å². The van der Waals surface area contributed by atoms with Crippen molar-refractivity contribution >= 4 is 33.4 Å². The molecule has 21 heavy (non-hydrogen) atoms. The Morgan fingerprint density at radius 1 is 1.29 bits per heavy atom. The van der Waals surface area contributed by atoms with Crippen LogP contribution in [0.25, 0.3) is 0 Å². The van der Waals surface area contributed by atoms with E-state index in [1.807, 2.05) is 32.0 Å². The SMILES string of the molecule is Cc1cc(Br)cc(N2C(=O)C(C)(C3CC3)NC(=O)C2C)c1. The van der Waals surface area contributed by atoms with Gasteiger partial charge < -0.3 is 5.32 Å². The molecule has 2 amide bonds. The molecule has 2 aliphatic rings. The van der Waals surface area contributed by atoms with Crippen LogP contribution in [0.15, 0.2) is 22.7 Å². The van der Waals surface area contributed by atoms with Gasteiger partial charge in [0.05, 0.1) is 0 Å². The first-order chi connectivity index (χ1) is 9.83. The van der Waals surface area contributed by atoms with Gasteiger partial charge in [0.2, 0.25) is 5.91 Å². The third kappa shape index (κ3) is 2.37. The molecule has 1 aromatic rings. The van der Waals surface area contributed by atoms with Gasteiger partial charge in [-0.2, -0.15) is 0 Å². The summed E-state index contributed by atoms with van der Waals surface area (Å²) in [7, 11) is 0. The highest BCUT2D eigenvalue weighted by molar-refractivity contribution is 9.10. The average molecular weight is 351 g/mol. The number of rotatable bonds is 2. The van der Waals surface area contributed by atoms with E-state index < -0.39 is 11.6 Å². The Hall–Kier alpha value is -1.36. The van der Waals surface area contributed by atoms with E-state index in [0.29, 0.717) is 0 Å². The summed E-state index contributed by atoms with van der Waals surface area (Å²) in [5.41, 5.74) is 1.07. The summed E-state index contributed by atoms with van der Waals surface area (Å²) in [6, 6.07) is 5.35. The van der Waals surface area contributed by atoms with E-state index in [2.05, 4.69) is 21.2 Å². The van der Waals surface area contributed by atoms with Crippen molar-refractivity contribution < 1.29 is 9.59 Å². The minimum absolute atomic E-state index is 0.00500. The molecule has 1 saturated carbocycles. The number of piperazine rings is 1. The van der Waals surface area contributed by atoms with Gasteiger partial charge in [0.1, 0.15) is 11.6 Å². The predicted octanol–water partition coefficient (Wildman–Crippen LogP) is 2.78. The largest absolute Gasteiger partial charge is 0.340 e. The van der Waals surface area contributed by atoms with Crippen molar-refractivity contribution in [1.82, 2.24) is 5.32 Å². The lowest BCUT2D eigenvalue weighted by molar-refractivity contribution is -0.138. The van der Waals surface area contributed by atoms with Crippen LogP contribution in [0, 0.1) is 12.8 Å². The second-order valence-corrected chi connectivity index (χ2v) is 7.22. The number of carbonyl (C=O) groups is 2. The molecule has 0 bridgehead atoms. The number of carbonyl (C=O) groups excluding carboxylic acids is 2. The Kier molecular flexibility index (Phi) is 3.35. The molecule has 1 saturated heterocycles. The Balaban J connectivity index is 2.05. The number of amides is 2. The predicted molar refractivity (Wildman–Crippen MR) is 85.1 cm³/mol. The zero-order chi connectivity index (χ0) is 15.4. The van der Waals surface area contributed by atoms with Gasteiger partial charge in [-0.3, -0.25) is 14.5 Å². The maximum Gasteiger partial charge on any atom is 0.253 e. The van der Waals surface area contributed by atoms with E-state index in [9.17, 15) is 9.59 Å². The maximum absolute atomic E-state index is 13.0. The molecule has 3 rings (SSSR count). The molecule has 5 heteroatoms. The molecule has 2 fully saturated rings. The molecule has 112 valence electrons. The summed E-state index contributed by atoms with van der Waals surface area (Å²) in [6.07, 6.45) is 2.00. The first kappa shape index (κ1) is 14.6. The summed E-state index contributed by atoms with van der Waals surface area (Å²) in [4.78, 5) is 27.0. The van der Waals surface area contributed by atoms with Gasteiger partial charge in [-0.05, 0) is 63.3 Å². The van der Waals surface area contributed by atoms with E-state index in [1.165, 1.54) is 0 Å². The lowest BCUT2D eigenvalue weighted by Gasteiger charge is -2.43. The van der Waals surface area contributed by atoms with Crippen LogP contribution in [0.4, 0.5) is 5.69 Å². The Labute approximate surface area is 133 Å². The average Bonchev–Trinajstić information content (AvgIpc) is 3.20. The van der Waals surface area contributed by atoms with Crippen molar-refractivity contribution in [2.75, 3.05) is 4.90 Å². The van der Waals surface area contributed by atoms with Crippen LogP contribution in [-0.2, 0) is 9.59 Å². The molecular formula is C16H19BrN2O2. The van der Waals surface area contributed by atoms with Crippen molar-refractivity contribution in [3.63, 3.8) is 0 Å². The van der Waals surface area contributed by atoms with Crippen LogP contribution in [0.3, 0.4) is 0 Å². The summed E-state index contributed by atoms with van der Waals surface area (Å²) in [6.45, 7) is 5.61. The van der Waals surface area contributed by atoms with Crippen LogP contribution in [-0.4, -0.2) is 23.4 Å². The van der Waals surface area contributed by atoms with Crippen molar-refractivity contribution in [2.24, 2.45) is 5.92 Å². The molecule has 4 nitrogen and oxygen atoms in total. The van der Waals surface area contributed by atoms with Gasteiger partial charge in [-0.1, -0.05) is 15.9 Å². The first-order valence-corrected chi connectivity index (χ1v) is 8.05. The molecule has 0 aromatic heterocycles. The fourth-order valence-corrected chi connectivity index (χ4v) is 3.69. The number of anilines is 1. The highest BCUT2D eigenvalue weighted by Crippen LogP contribution is 2.43. The minimum atomic E-state index is -0.764. The lowest BCUT2D eigenvalue weighted by atomic mass is 9.89. The molecule has 1 N–H and O–H groups in total. The second-order valence-electron chi connectivity index (χ2n) is 6.30. The van der Waals surface area contributed by atoms with Crippen LogP contribution in [0.1, 0.15) is 32.3 Å². The first-order valence-electron chi connectivity index (χ1n) is 7.26. The molecule has 0 radical (unpaired) electrons. The van der Waals surface area contributed by atoms with Crippen LogP contribution >= 0.6 is 15.9 Å². The fraction of sp³-hybridized carbons (Fsp3) is 0.500. The van der Waals surface area contributed by atoms with Crippen LogP contribution in [0.5, 0.6) is 0 Å². The highest BCUT2D eigenvalue weighted by atomic mass is 79.9. The third-order valence-electron chi connectivity index (χ3n) is 4.51. The van der Waals surface area contributed by atoms with Gasteiger partial charge in [-0.15, -0.1) is 0 Å². The number of halogens is 1. The molecule has 2 atom stereocenters. The number of hydrogen-bond donors (Lipinski definition) is 1. The topological polar surface area (TPSA) is 49.4 Å². The normalized spacial score (nSPS) is 29.5. The lowest BCUT2D eigenvalue weighted by Crippen LogP contribution is -2.69. The summed E-state index contributed by atoms with van der Waals surface area (Å²) in [5, 5.41) is 2.94. The monoisotopic (exact) mass is 350 g/mol. The summed E-state index contributed by atoms with van der Waals surface area (Å²) in [5.74, 6) is 0.174. The zero-order valence-electron chi connectivity index (χ0n) is 12.4. The van der Waals surface area contributed by atoms with E-state index >= 15 is 0 Å². The zero-order valence-corrected chi connectivity index (χ0v) is 14.0. The number of hydrogen-bond acceptors (Lipinski definition) is 2. The van der Waals surface area contributed by atoms with E-state index in [0.717, 1.165) is 28.6 Å². The Bertz CT molecular complexity index is 606. The summed E-state index contributed by atoms with van der Waals surface area (Å²) < 4.78 is 0.914. The number of nitrogens with one attached hydrogen (secondary N) is 1. The van der Waals surface area contributed by atoms with Crippen molar-refractivity contribution in [2.45, 2.75) is 45.2 Å². The standard InChI is InChI=1S/C16H19BrN2O2/c1-9-6-12(17)8-13(7-9)19-10(2)14(20)18-16(3,15(19)21)11-4-5-11/h6-8,10-11H,4-5H2,1-3H3,(H,18,20). The van der Waals surface area contributed by atoms with Gasteiger partial charge in [0.15, 0.2) is 0 Å². The quantitative estimate of drug-likeness (QED) is 0.891. The van der Waals surface area contributed by atoms with E-state index in [4.69, 9.17) is 0 Å². The highest BCUT2D eigenvalue weighted by Gasteiger charge is 2.54. The van der Waals surface area contributed by atoms with Gasteiger partial charge in [0, 0.05) is 10.2 Å². The number of benzene rings is 1. The Morgan fingerprint density at radius 2 is 1.95 bits per heavy atom. The van der Waals surface area contributed by atoms with Crippen molar-refractivity contribution in [1.29, 1.82) is 0 Å². The smallest absolute Gasteiger partial charge is 0.253 e. The van der Waals surface area contributed by atoms with Gasteiger partial charge in [-0.25, -0.2) is 0 Å². The van der Waals surface area contributed by atoms with Crippen molar-refractivity contribution in [3.05, 3.63) is 28.2 Å². The molecule has 1 aliphatic carbocycles. The van der Waals surface area contributed by atoms with E-state index in [-0.39, 0.29) is 17.7 Å². The molecule has 2 unspecified atom stereocenters. The molecular weight excluding hydrogens is 332 g/mol. The van der Waals surface area contributed by atoms with Crippen LogP contribution < -0.4 is 10.2 Å². The fourth-order valence-electron chi connectivity index (χ4n) is 3.09. The maximum atomic E-state index is 13.0. The van der Waals surface area contributed by atoms with Crippen molar-refractivity contribution in [3.8, 4) is 0 Å². The Morgan fingerprint density at radius 3 is 2.52 bits per heavy atom. The third-order valence-corrected chi connectivity index (χ3v) is 4.97. The van der Waals surface area contributed by atoms with Crippen LogP contribution in [0.2, 0.25) is 0 Å². The molecule has 1 heterocycles. The molecule has 1 aliphatic heterocycles. The minimum Gasteiger partial charge on any atom is -0.340 e. The number of aryl methyl sites for hydroxylation is 1. The second kappa shape index (κ2) is 4.83. The van der Waals surface area contributed by atoms with Gasteiger partial charge >= 0.3 is 0 Å². The molecule has 1 aromatic carbocycles. The summed E-state index contributed by atoms with van der Waals surface area (Å²) >= 11 is 3.47. The number of nitrogens with zero attached hydrogens (tertiary/aromatic N) is 1. The van der Waals surface area contributed by atoms with E-state index in [1.54, 1.807) is 11.8 Å². The molecule has 0 spiro atoms.